The van der Waals surface area contributed by atoms with Gasteiger partial charge in [-0.05, 0) is 61.4 Å². The van der Waals surface area contributed by atoms with Crippen molar-refractivity contribution in [1.82, 2.24) is 0 Å². The number of hydrogen-bond donors (Lipinski definition) is 3. The third-order valence-corrected chi connectivity index (χ3v) is 3.93. The number of hydrogen-bond acceptors (Lipinski definition) is 4. The fourth-order valence-electron chi connectivity index (χ4n) is 2.35. The number of rotatable bonds is 2. The minimum absolute atomic E-state index is 0. The first-order chi connectivity index (χ1) is 13.1. The Morgan fingerprint density at radius 2 is 0.897 bits per heavy atom. The molecule has 0 radical (unpaired) electrons. The minimum Gasteiger partial charge on any atom is -0.508 e. The van der Waals surface area contributed by atoms with E-state index in [1.165, 1.54) is 13.8 Å². The van der Waals surface area contributed by atoms with Gasteiger partial charge in [-0.15, -0.1) is 0 Å². The summed E-state index contributed by atoms with van der Waals surface area (Å²) in [5, 5.41) is 27.2. The highest BCUT2D eigenvalue weighted by Gasteiger charge is 2.22. The molecule has 0 fully saturated rings. The predicted molar refractivity (Wildman–Crippen MR) is 116 cm³/mol. The van der Waals surface area contributed by atoms with Gasteiger partial charge in [-0.25, -0.2) is 0 Å². The number of Topliss-reactive ketones (excluding diaryl/α,β-unsaturated/α-hetero) is 1. The third-order valence-electron chi connectivity index (χ3n) is 3.93. The summed E-state index contributed by atoms with van der Waals surface area (Å²) >= 11 is 0. The quantitative estimate of drug-likeness (QED) is 0.586. The van der Waals surface area contributed by atoms with Gasteiger partial charge in [-0.2, -0.15) is 0 Å². The molecule has 0 saturated heterocycles. The zero-order valence-electron chi connectivity index (χ0n) is 17.3. The van der Waals surface area contributed by atoms with Crippen LogP contribution in [0.3, 0.4) is 0 Å². The maximum absolute atomic E-state index is 9.44. The van der Waals surface area contributed by atoms with Crippen molar-refractivity contribution in [3.05, 3.63) is 90.0 Å². The van der Waals surface area contributed by atoms with E-state index in [9.17, 15) is 15.0 Å². The second-order valence-corrected chi connectivity index (χ2v) is 6.96. The fraction of sp³-hybridized carbons (Fsp3) is 0.208. The maximum Gasteiger partial charge on any atom is 0.126 e. The molecule has 3 aromatic rings. The number of benzene rings is 3. The lowest BCUT2D eigenvalue weighted by molar-refractivity contribution is -0.115. The van der Waals surface area contributed by atoms with Gasteiger partial charge < -0.3 is 25.6 Å². The average Bonchev–Trinajstić information content (AvgIpc) is 2.63. The molecule has 29 heavy (non-hydrogen) atoms. The topological polar surface area (TPSA) is 109 Å². The molecule has 0 atom stereocenters. The van der Waals surface area contributed by atoms with Crippen LogP contribution < -0.4 is 0 Å². The number of aromatic hydroxyl groups is 3. The molecule has 3 aromatic carbocycles. The monoisotopic (exact) mass is 398 g/mol. The van der Waals surface area contributed by atoms with Crippen molar-refractivity contribution in [2.45, 2.75) is 33.1 Å². The average molecular weight is 398 g/mol. The van der Waals surface area contributed by atoms with Gasteiger partial charge in [0.05, 0.1) is 0 Å². The van der Waals surface area contributed by atoms with Crippen molar-refractivity contribution in [1.29, 1.82) is 0 Å². The van der Waals surface area contributed by atoms with E-state index >= 15 is 0 Å². The summed E-state index contributed by atoms with van der Waals surface area (Å²) in [6, 6.07) is 23.2. The molecule has 0 aliphatic heterocycles. The highest BCUT2D eigenvalue weighted by atomic mass is 16.3. The Hall–Kier alpha value is -3.31. The first kappa shape index (κ1) is 25.7. The van der Waals surface area contributed by atoms with Crippen LogP contribution in [0.4, 0.5) is 0 Å². The molecule has 0 aliphatic carbocycles. The molecule has 0 unspecified atom stereocenters. The van der Waals surface area contributed by atoms with E-state index < -0.39 is 0 Å². The van der Waals surface area contributed by atoms with E-state index in [1.807, 2.05) is 30.3 Å². The summed E-state index contributed by atoms with van der Waals surface area (Å²) < 4.78 is 0. The molecule has 5 N–H and O–H groups in total. The smallest absolute Gasteiger partial charge is 0.126 e. The van der Waals surface area contributed by atoms with Crippen LogP contribution in [0.15, 0.2) is 78.9 Å². The number of ketones is 1. The van der Waals surface area contributed by atoms with Gasteiger partial charge in [0.25, 0.3) is 0 Å². The second-order valence-electron chi connectivity index (χ2n) is 6.96. The molecule has 0 amide bonds. The summed E-state index contributed by atoms with van der Waals surface area (Å²) in [5.41, 5.74) is 2.10. The largest absolute Gasteiger partial charge is 0.508 e. The summed E-state index contributed by atoms with van der Waals surface area (Å²) in [4.78, 5) is 9.44. The predicted octanol–water partition coefficient (Wildman–Crippen LogP) is 4.59. The van der Waals surface area contributed by atoms with Gasteiger partial charge in [-0.1, -0.05) is 56.3 Å². The highest BCUT2D eigenvalue weighted by molar-refractivity contribution is 5.72. The first-order valence-electron chi connectivity index (χ1n) is 8.93. The lowest BCUT2D eigenvalue weighted by Gasteiger charge is -2.26. The Morgan fingerprint density at radius 3 is 1.14 bits per heavy atom. The van der Waals surface area contributed by atoms with Crippen LogP contribution in [0.5, 0.6) is 17.2 Å². The number of carbonyl (C=O) groups excluding carboxylic acids is 1. The van der Waals surface area contributed by atoms with Crippen LogP contribution in [-0.4, -0.2) is 26.6 Å². The van der Waals surface area contributed by atoms with Gasteiger partial charge >= 0.3 is 0 Å². The Kier molecular flexibility index (Phi) is 10.8. The van der Waals surface area contributed by atoms with Crippen LogP contribution in [0.1, 0.15) is 38.8 Å². The molecule has 3 rings (SSSR count). The van der Waals surface area contributed by atoms with Crippen LogP contribution >= 0.6 is 0 Å². The molecule has 5 nitrogen and oxygen atoms in total. The van der Waals surface area contributed by atoms with E-state index in [0.29, 0.717) is 5.75 Å². The van der Waals surface area contributed by atoms with Crippen LogP contribution in [0.25, 0.3) is 0 Å². The normalized spacial score (nSPS) is 9.66. The van der Waals surface area contributed by atoms with Crippen LogP contribution in [0, 0.1) is 0 Å². The first-order valence-corrected chi connectivity index (χ1v) is 8.93. The number of phenols is 3. The van der Waals surface area contributed by atoms with E-state index in [-0.39, 0.29) is 28.2 Å². The van der Waals surface area contributed by atoms with E-state index in [2.05, 4.69) is 13.8 Å². The zero-order chi connectivity index (χ0) is 21.2. The van der Waals surface area contributed by atoms with Gasteiger partial charge in [0, 0.05) is 5.41 Å². The van der Waals surface area contributed by atoms with Crippen molar-refractivity contribution in [3.8, 4) is 17.2 Å². The summed E-state index contributed by atoms with van der Waals surface area (Å²) in [5.74, 6) is 1.04. The number of para-hydroxylation sites is 1. The third kappa shape index (κ3) is 9.44. The molecular weight excluding hydrogens is 368 g/mol. The van der Waals surface area contributed by atoms with Crippen molar-refractivity contribution in [2.24, 2.45) is 0 Å². The molecular formula is C24H30O5. The summed E-state index contributed by atoms with van der Waals surface area (Å²) in [6.45, 7) is 7.29. The lowest BCUT2D eigenvalue weighted by atomic mass is 9.78. The molecule has 5 heteroatoms. The fourth-order valence-corrected chi connectivity index (χ4v) is 2.35. The van der Waals surface area contributed by atoms with Crippen molar-refractivity contribution < 1.29 is 25.6 Å². The van der Waals surface area contributed by atoms with Crippen molar-refractivity contribution in [2.75, 3.05) is 0 Å². The maximum atomic E-state index is 9.44. The molecule has 0 aliphatic rings. The van der Waals surface area contributed by atoms with Crippen molar-refractivity contribution in [3.63, 3.8) is 0 Å². The van der Waals surface area contributed by atoms with E-state index in [0.717, 1.165) is 11.1 Å². The number of phenolic OH excluding ortho intramolecular Hbond substituents is 3. The molecule has 0 spiro atoms. The Balaban J connectivity index is 0.000000543. The van der Waals surface area contributed by atoms with Gasteiger partial charge in [0.2, 0.25) is 0 Å². The van der Waals surface area contributed by atoms with E-state index in [1.54, 1.807) is 48.5 Å². The second kappa shape index (κ2) is 12.2. The van der Waals surface area contributed by atoms with E-state index in [4.69, 9.17) is 5.11 Å². The zero-order valence-corrected chi connectivity index (χ0v) is 17.3. The minimum atomic E-state index is -0.151. The van der Waals surface area contributed by atoms with Gasteiger partial charge in [0.15, 0.2) is 0 Å². The highest BCUT2D eigenvalue weighted by Crippen LogP contribution is 2.32. The number of carbonyl (C=O) groups is 1. The Bertz CT molecular complexity index is 787. The van der Waals surface area contributed by atoms with Crippen molar-refractivity contribution >= 4 is 5.78 Å². The van der Waals surface area contributed by atoms with Crippen LogP contribution in [0.2, 0.25) is 0 Å². The Labute approximate surface area is 172 Å². The lowest BCUT2D eigenvalue weighted by Crippen LogP contribution is -2.18. The Morgan fingerprint density at radius 1 is 0.621 bits per heavy atom. The standard InChI is InChI=1S/C15H16O2.C6H6O.C3H6O.H2O/c1-15(2,11-3-7-13(16)8-4-11)12-5-9-14(17)10-6-12;7-6-4-2-1-3-5-6;1-3(2)4;/h3-10,16-17H,1-2H3;1-5,7H;1-2H3;1H2. The van der Waals surface area contributed by atoms with Crippen LogP contribution in [-0.2, 0) is 10.2 Å². The molecule has 0 heterocycles. The molecule has 0 saturated carbocycles. The summed E-state index contributed by atoms with van der Waals surface area (Å²) in [6.07, 6.45) is 0. The van der Waals surface area contributed by atoms with Gasteiger partial charge in [0.1, 0.15) is 23.0 Å². The molecule has 156 valence electrons. The van der Waals surface area contributed by atoms with Gasteiger partial charge in [-0.3, -0.25) is 0 Å². The molecule has 0 aromatic heterocycles. The summed E-state index contributed by atoms with van der Waals surface area (Å²) in [7, 11) is 0. The SMILES string of the molecule is CC(C)(c1ccc(O)cc1)c1ccc(O)cc1.CC(C)=O.O.Oc1ccccc1. The molecule has 0 bridgehead atoms.